The van der Waals surface area contributed by atoms with E-state index in [1.54, 1.807) is 39.2 Å². The number of benzene rings is 1. The molecule has 2 N–H and O–H groups in total. The number of nitrogens with one attached hydrogen (secondary N) is 1. The van der Waals surface area contributed by atoms with E-state index in [-0.39, 0.29) is 17.0 Å². The Labute approximate surface area is 220 Å². The number of aromatic amines is 1. The van der Waals surface area contributed by atoms with Crippen molar-refractivity contribution in [3.63, 3.8) is 0 Å². The Morgan fingerprint density at radius 2 is 1.92 bits per heavy atom. The third-order valence-electron chi connectivity index (χ3n) is 6.64. The molecule has 1 aromatic carbocycles. The van der Waals surface area contributed by atoms with Crippen LogP contribution in [-0.4, -0.2) is 57.1 Å². The molecule has 1 amide bonds. The zero-order valence-electron chi connectivity index (χ0n) is 21.6. The molecule has 1 fully saturated rings. The van der Waals surface area contributed by atoms with Gasteiger partial charge in [0, 0.05) is 36.2 Å². The van der Waals surface area contributed by atoms with E-state index in [9.17, 15) is 18.3 Å². The molecule has 0 spiro atoms. The van der Waals surface area contributed by atoms with Crippen LogP contribution in [0, 0.1) is 0 Å². The van der Waals surface area contributed by atoms with E-state index in [4.69, 9.17) is 4.74 Å². The van der Waals surface area contributed by atoms with Gasteiger partial charge in [0.2, 0.25) is 5.91 Å². The summed E-state index contributed by atoms with van der Waals surface area (Å²) in [5.41, 5.74) is 2.42. The van der Waals surface area contributed by atoms with Gasteiger partial charge in [-0.1, -0.05) is 0 Å². The van der Waals surface area contributed by atoms with Crippen LogP contribution in [0.1, 0.15) is 50.9 Å². The second-order valence-corrected chi connectivity index (χ2v) is 12.0. The fraction of sp³-hybridized carbons (Fsp3) is 0.333. The number of aromatic nitrogens is 4. The summed E-state index contributed by atoms with van der Waals surface area (Å²) >= 11 is 0. The maximum atomic E-state index is 12.4. The van der Waals surface area contributed by atoms with Crippen LogP contribution in [0.25, 0.3) is 22.3 Å². The first-order valence-electron chi connectivity index (χ1n) is 12.2. The van der Waals surface area contributed by atoms with Crippen LogP contribution in [0.2, 0.25) is 0 Å². The van der Waals surface area contributed by atoms with E-state index < -0.39 is 15.4 Å². The Bertz CT molecular complexity index is 1610. The molecule has 38 heavy (non-hydrogen) atoms. The fourth-order valence-electron chi connectivity index (χ4n) is 4.69. The van der Waals surface area contributed by atoms with Gasteiger partial charge in [-0.15, -0.1) is 0 Å². The SMILES string of the molecule is CC(=O)N1CCCC1c1cc2[nH]c(-c3cnc(C(C)(C)O)cn3)cc2cc1Oc1ccc(S(C)(=O)=O)nc1. The summed E-state index contributed by atoms with van der Waals surface area (Å²) < 4.78 is 29.8. The quantitative estimate of drug-likeness (QED) is 0.376. The van der Waals surface area contributed by atoms with Crippen molar-refractivity contribution in [2.45, 2.75) is 50.3 Å². The van der Waals surface area contributed by atoms with Gasteiger partial charge in [0.05, 0.1) is 36.0 Å². The van der Waals surface area contributed by atoms with E-state index in [2.05, 4.69) is 19.9 Å². The number of H-pyrrole nitrogens is 1. The first kappa shape index (κ1) is 25.8. The number of sulfone groups is 1. The molecule has 1 aliphatic rings. The van der Waals surface area contributed by atoms with Gasteiger partial charge in [-0.3, -0.25) is 14.8 Å². The molecule has 1 atom stereocenters. The largest absolute Gasteiger partial charge is 0.455 e. The molecule has 5 rings (SSSR count). The minimum Gasteiger partial charge on any atom is -0.455 e. The number of rotatable bonds is 6. The Balaban J connectivity index is 1.57. The van der Waals surface area contributed by atoms with Crippen LogP contribution in [0.15, 0.2) is 53.9 Å². The second kappa shape index (κ2) is 9.48. The number of amides is 1. The smallest absolute Gasteiger partial charge is 0.219 e. The van der Waals surface area contributed by atoms with Gasteiger partial charge in [0.1, 0.15) is 22.8 Å². The third-order valence-corrected chi connectivity index (χ3v) is 7.64. The van der Waals surface area contributed by atoms with Crippen LogP contribution in [0.3, 0.4) is 0 Å². The normalized spacial score (nSPS) is 16.2. The molecule has 1 unspecified atom stereocenters. The number of pyridine rings is 1. The van der Waals surface area contributed by atoms with Gasteiger partial charge in [0.25, 0.3) is 0 Å². The molecule has 0 bridgehead atoms. The lowest BCUT2D eigenvalue weighted by atomic mass is 10.0. The van der Waals surface area contributed by atoms with Crippen molar-refractivity contribution < 1.29 is 23.1 Å². The average molecular weight is 536 g/mol. The summed E-state index contributed by atoms with van der Waals surface area (Å²) in [4.78, 5) is 30.4. The number of ether oxygens (including phenoxy) is 1. The first-order chi connectivity index (χ1) is 17.9. The van der Waals surface area contributed by atoms with E-state index in [1.165, 1.54) is 12.3 Å². The first-order valence-corrected chi connectivity index (χ1v) is 14.1. The van der Waals surface area contributed by atoms with Crippen molar-refractivity contribution in [1.29, 1.82) is 0 Å². The number of nitrogens with zero attached hydrogens (tertiary/aromatic N) is 4. The third kappa shape index (κ3) is 5.11. The molecule has 10 nitrogen and oxygen atoms in total. The lowest BCUT2D eigenvalue weighted by molar-refractivity contribution is -0.129. The summed E-state index contributed by atoms with van der Waals surface area (Å²) in [7, 11) is -3.43. The topological polar surface area (TPSA) is 138 Å². The number of carbonyl (C=O) groups excluding carboxylic acids is 1. The standard InChI is InChI=1S/C27H29N5O5S/c1-16(33)32-9-5-6-23(32)19-12-20-17(10-21(31-20)22-14-29-25(15-28-22)27(2,3)34)11-24(19)37-18-7-8-26(30-13-18)38(4,35)36/h7-8,10-15,23,31,34H,5-6,9H2,1-4H3. The van der Waals surface area contributed by atoms with Crippen LogP contribution >= 0.6 is 0 Å². The number of carbonyl (C=O) groups is 1. The average Bonchev–Trinajstić information content (AvgIpc) is 3.50. The highest BCUT2D eigenvalue weighted by molar-refractivity contribution is 7.90. The zero-order chi connectivity index (χ0) is 27.2. The van der Waals surface area contributed by atoms with Gasteiger partial charge in [-0.05, 0) is 57.0 Å². The van der Waals surface area contributed by atoms with Crippen LogP contribution in [-0.2, 0) is 20.2 Å². The van der Waals surface area contributed by atoms with E-state index >= 15 is 0 Å². The molecular formula is C27H29N5O5S. The number of hydrogen-bond donors (Lipinski definition) is 2. The van der Waals surface area contributed by atoms with E-state index in [0.29, 0.717) is 29.4 Å². The molecule has 4 aromatic rings. The minimum absolute atomic E-state index is 0.00735. The molecule has 1 aliphatic heterocycles. The molecule has 198 valence electrons. The predicted octanol–water partition coefficient (Wildman–Crippen LogP) is 4.13. The van der Waals surface area contributed by atoms with E-state index in [1.807, 2.05) is 23.1 Å². The Kier molecular flexibility index (Phi) is 6.44. The van der Waals surface area contributed by atoms with Crippen molar-refractivity contribution in [2.24, 2.45) is 0 Å². The predicted molar refractivity (Wildman–Crippen MR) is 141 cm³/mol. The Morgan fingerprint density at radius 1 is 1.13 bits per heavy atom. The Morgan fingerprint density at radius 3 is 2.53 bits per heavy atom. The molecule has 11 heteroatoms. The molecule has 3 aromatic heterocycles. The van der Waals surface area contributed by atoms with E-state index in [0.717, 1.165) is 41.3 Å². The molecule has 0 radical (unpaired) electrons. The molecule has 0 saturated carbocycles. The maximum absolute atomic E-state index is 12.4. The fourth-order valence-corrected chi connectivity index (χ4v) is 5.25. The molecule has 1 saturated heterocycles. The number of aliphatic hydroxyl groups is 1. The minimum atomic E-state index is -3.43. The maximum Gasteiger partial charge on any atom is 0.219 e. The van der Waals surface area contributed by atoms with Crippen molar-refractivity contribution in [2.75, 3.05) is 12.8 Å². The summed E-state index contributed by atoms with van der Waals surface area (Å²) in [6, 6.07) is 8.62. The number of hydrogen-bond acceptors (Lipinski definition) is 8. The lowest BCUT2D eigenvalue weighted by Gasteiger charge is -2.25. The molecule has 0 aliphatic carbocycles. The lowest BCUT2D eigenvalue weighted by Crippen LogP contribution is -2.28. The van der Waals surface area contributed by atoms with Gasteiger partial charge in [-0.2, -0.15) is 0 Å². The highest BCUT2D eigenvalue weighted by Gasteiger charge is 2.31. The summed E-state index contributed by atoms with van der Waals surface area (Å²) in [6.45, 7) is 5.54. The molecular weight excluding hydrogens is 506 g/mol. The monoisotopic (exact) mass is 535 g/mol. The van der Waals surface area contributed by atoms with Gasteiger partial charge < -0.3 is 19.7 Å². The summed E-state index contributed by atoms with van der Waals surface area (Å²) in [5, 5.41) is 11.0. The van der Waals surface area contributed by atoms with Gasteiger partial charge in [0.15, 0.2) is 14.9 Å². The number of likely N-dealkylation sites (tertiary alicyclic amines) is 1. The van der Waals surface area contributed by atoms with Crippen molar-refractivity contribution in [1.82, 2.24) is 24.8 Å². The van der Waals surface area contributed by atoms with Crippen LogP contribution in [0.5, 0.6) is 11.5 Å². The van der Waals surface area contributed by atoms with Crippen molar-refractivity contribution in [3.8, 4) is 22.9 Å². The molecule has 4 heterocycles. The van der Waals surface area contributed by atoms with Crippen molar-refractivity contribution in [3.05, 3.63) is 60.2 Å². The van der Waals surface area contributed by atoms with Crippen molar-refractivity contribution >= 4 is 26.6 Å². The van der Waals surface area contributed by atoms with Crippen LogP contribution in [0.4, 0.5) is 0 Å². The highest BCUT2D eigenvalue weighted by atomic mass is 32.2. The van der Waals surface area contributed by atoms with Crippen LogP contribution < -0.4 is 4.74 Å². The summed E-state index contributed by atoms with van der Waals surface area (Å²) in [5.74, 6) is 0.930. The highest BCUT2D eigenvalue weighted by Crippen LogP contribution is 2.41. The number of fused-ring (bicyclic) bond motifs is 1. The summed E-state index contributed by atoms with van der Waals surface area (Å²) in [6.07, 6.45) is 7.32. The van der Waals surface area contributed by atoms with Gasteiger partial charge in [-0.25, -0.2) is 13.4 Å². The zero-order valence-corrected chi connectivity index (χ0v) is 22.4. The van der Waals surface area contributed by atoms with Gasteiger partial charge >= 0.3 is 0 Å². The Hall–Kier alpha value is -3.83. The second-order valence-electron chi connectivity index (χ2n) is 10.1.